The van der Waals surface area contributed by atoms with Gasteiger partial charge in [-0.3, -0.25) is 9.36 Å². The molecule has 1 aliphatic rings. The zero-order chi connectivity index (χ0) is 21.6. The van der Waals surface area contributed by atoms with E-state index >= 15 is 0 Å². The van der Waals surface area contributed by atoms with Crippen LogP contribution in [0.15, 0.2) is 66.1 Å². The molecule has 4 rings (SSSR count). The van der Waals surface area contributed by atoms with Crippen LogP contribution in [0.5, 0.6) is 5.75 Å². The highest BCUT2D eigenvalue weighted by Crippen LogP contribution is 2.34. The van der Waals surface area contributed by atoms with Crippen molar-refractivity contribution in [3.63, 3.8) is 0 Å². The number of benzene rings is 2. The van der Waals surface area contributed by atoms with Gasteiger partial charge in [-0.2, -0.15) is 0 Å². The lowest BCUT2D eigenvalue weighted by atomic mass is 9.81. The average molecular weight is 437 g/mol. The van der Waals surface area contributed by atoms with Crippen LogP contribution in [0.4, 0.5) is 0 Å². The Bertz CT molecular complexity index is 982. The van der Waals surface area contributed by atoms with E-state index in [2.05, 4.69) is 40.5 Å². The monoisotopic (exact) mass is 436 g/mol. The predicted molar refractivity (Wildman–Crippen MR) is 123 cm³/mol. The number of rotatable bonds is 7. The Morgan fingerprint density at radius 3 is 2.48 bits per heavy atom. The summed E-state index contributed by atoms with van der Waals surface area (Å²) >= 11 is 1.42. The highest BCUT2D eigenvalue weighted by atomic mass is 32.2. The van der Waals surface area contributed by atoms with E-state index in [0.717, 1.165) is 37.1 Å². The largest absolute Gasteiger partial charge is 0.497 e. The molecule has 0 radical (unpaired) electrons. The fourth-order valence-corrected chi connectivity index (χ4v) is 5.05. The first-order valence-electron chi connectivity index (χ1n) is 10.6. The zero-order valence-corrected chi connectivity index (χ0v) is 18.8. The fourth-order valence-electron chi connectivity index (χ4n) is 4.20. The van der Waals surface area contributed by atoms with E-state index in [1.807, 2.05) is 40.8 Å². The Balaban J connectivity index is 1.31. The number of carbonyl (C=O) groups is 1. The van der Waals surface area contributed by atoms with Crippen molar-refractivity contribution in [3.05, 3.63) is 66.5 Å². The third-order valence-electron chi connectivity index (χ3n) is 6.10. The van der Waals surface area contributed by atoms with Crippen molar-refractivity contribution in [1.82, 2.24) is 19.7 Å². The summed E-state index contributed by atoms with van der Waals surface area (Å²) in [6, 6.07) is 18.7. The predicted octanol–water partition coefficient (Wildman–Crippen LogP) is 4.55. The van der Waals surface area contributed by atoms with Gasteiger partial charge in [0.25, 0.3) is 0 Å². The van der Waals surface area contributed by atoms with Gasteiger partial charge in [0.05, 0.1) is 12.9 Å². The lowest BCUT2D eigenvalue weighted by Crippen LogP contribution is -2.40. The van der Waals surface area contributed by atoms with Crippen LogP contribution in [0, 0.1) is 0 Å². The van der Waals surface area contributed by atoms with Gasteiger partial charge in [-0.1, -0.05) is 42.1 Å². The Hall–Kier alpha value is -2.80. The molecule has 2 aromatic carbocycles. The normalized spacial score (nSPS) is 18.5. The molecule has 0 unspecified atom stereocenters. The molecule has 0 saturated heterocycles. The summed E-state index contributed by atoms with van der Waals surface area (Å²) in [5, 5.41) is 8.93. The van der Waals surface area contributed by atoms with Gasteiger partial charge in [0.2, 0.25) is 5.91 Å². The van der Waals surface area contributed by atoms with Crippen LogP contribution < -0.4 is 4.74 Å². The number of thioether (sulfide) groups is 1. The third-order valence-corrected chi connectivity index (χ3v) is 7.03. The second-order valence-electron chi connectivity index (χ2n) is 7.89. The van der Waals surface area contributed by atoms with E-state index in [-0.39, 0.29) is 5.91 Å². The summed E-state index contributed by atoms with van der Waals surface area (Å²) in [6.45, 7) is 0. The van der Waals surface area contributed by atoms with Gasteiger partial charge in [0.15, 0.2) is 5.16 Å². The molecule has 1 fully saturated rings. The molecule has 0 atom stereocenters. The molecule has 31 heavy (non-hydrogen) atoms. The second kappa shape index (κ2) is 10.0. The topological polar surface area (TPSA) is 60.2 Å². The molecule has 1 amide bonds. The van der Waals surface area contributed by atoms with Crippen molar-refractivity contribution in [1.29, 1.82) is 0 Å². The maximum Gasteiger partial charge on any atom is 0.233 e. The van der Waals surface area contributed by atoms with Gasteiger partial charge < -0.3 is 9.64 Å². The van der Waals surface area contributed by atoms with Crippen molar-refractivity contribution >= 4 is 17.7 Å². The van der Waals surface area contributed by atoms with Crippen LogP contribution in [-0.4, -0.2) is 51.5 Å². The Kier molecular flexibility index (Phi) is 6.92. The first-order valence-corrected chi connectivity index (χ1v) is 11.6. The van der Waals surface area contributed by atoms with Crippen molar-refractivity contribution < 1.29 is 9.53 Å². The summed E-state index contributed by atoms with van der Waals surface area (Å²) < 4.78 is 7.11. The Labute approximate surface area is 187 Å². The summed E-state index contributed by atoms with van der Waals surface area (Å²) in [5.41, 5.74) is 2.36. The van der Waals surface area contributed by atoms with Crippen LogP contribution >= 0.6 is 11.8 Å². The molecule has 7 heteroatoms. The van der Waals surface area contributed by atoms with E-state index in [1.165, 1.54) is 17.3 Å². The van der Waals surface area contributed by atoms with Gasteiger partial charge in [0.1, 0.15) is 12.1 Å². The Morgan fingerprint density at radius 1 is 1.10 bits per heavy atom. The SMILES string of the molecule is COc1ccc(-n2cnnc2SCC(=O)N(C)C2CCC(c3ccccc3)CC2)cc1. The number of nitrogens with zero attached hydrogens (tertiary/aromatic N) is 4. The highest BCUT2D eigenvalue weighted by Gasteiger charge is 2.27. The molecule has 0 N–H and O–H groups in total. The van der Waals surface area contributed by atoms with E-state index < -0.39 is 0 Å². The van der Waals surface area contributed by atoms with Crippen molar-refractivity contribution in [2.24, 2.45) is 0 Å². The minimum Gasteiger partial charge on any atom is -0.497 e. The maximum atomic E-state index is 12.9. The lowest BCUT2D eigenvalue weighted by molar-refractivity contribution is -0.129. The smallest absolute Gasteiger partial charge is 0.233 e. The van der Waals surface area contributed by atoms with Gasteiger partial charge in [-0.15, -0.1) is 10.2 Å². The molecule has 1 aromatic heterocycles. The quantitative estimate of drug-likeness (QED) is 0.509. The molecule has 6 nitrogen and oxygen atoms in total. The number of amides is 1. The molecule has 162 valence electrons. The van der Waals surface area contributed by atoms with Crippen LogP contribution in [0.1, 0.15) is 37.2 Å². The number of methoxy groups -OCH3 is 1. The molecule has 0 spiro atoms. The summed E-state index contributed by atoms with van der Waals surface area (Å²) in [6.07, 6.45) is 6.03. The number of carbonyl (C=O) groups excluding carboxylic acids is 1. The average Bonchev–Trinajstić information content (AvgIpc) is 3.31. The van der Waals surface area contributed by atoms with Gasteiger partial charge in [-0.25, -0.2) is 0 Å². The van der Waals surface area contributed by atoms with Crippen molar-refractivity contribution in [3.8, 4) is 11.4 Å². The van der Waals surface area contributed by atoms with E-state index in [9.17, 15) is 4.79 Å². The molecule has 1 saturated carbocycles. The molecule has 1 heterocycles. The van der Waals surface area contributed by atoms with E-state index in [1.54, 1.807) is 13.4 Å². The molecule has 0 aliphatic heterocycles. The fraction of sp³-hybridized carbons (Fsp3) is 0.375. The molecule has 1 aliphatic carbocycles. The molecular weight excluding hydrogens is 408 g/mol. The Morgan fingerprint density at radius 2 is 1.81 bits per heavy atom. The summed E-state index contributed by atoms with van der Waals surface area (Å²) in [4.78, 5) is 14.8. The van der Waals surface area contributed by atoms with E-state index in [4.69, 9.17) is 4.74 Å². The molecular formula is C24H28N4O2S. The molecule has 3 aromatic rings. The van der Waals surface area contributed by atoms with E-state index in [0.29, 0.717) is 22.9 Å². The third kappa shape index (κ3) is 5.10. The van der Waals surface area contributed by atoms with Crippen LogP contribution in [0.3, 0.4) is 0 Å². The van der Waals surface area contributed by atoms with Crippen LogP contribution in [0.25, 0.3) is 5.69 Å². The standard InChI is InChI=1S/C24H28N4O2S/c1-27(20-10-8-19(9-11-20)18-6-4-3-5-7-18)23(29)16-31-24-26-25-17-28(24)21-12-14-22(30-2)15-13-21/h3-7,12-15,17,19-20H,8-11,16H2,1-2H3. The summed E-state index contributed by atoms with van der Waals surface area (Å²) in [7, 11) is 3.58. The van der Waals surface area contributed by atoms with Crippen molar-refractivity contribution in [2.45, 2.75) is 42.8 Å². The van der Waals surface area contributed by atoms with Gasteiger partial charge >= 0.3 is 0 Å². The van der Waals surface area contributed by atoms with Crippen molar-refractivity contribution in [2.75, 3.05) is 19.9 Å². The maximum absolute atomic E-state index is 12.9. The number of hydrogen-bond donors (Lipinski definition) is 0. The number of hydrogen-bond acceptors (Lipinski definition) is 5. The van der Waals surface area contributed by atoms with Gasteiger partial charge in [0, 0.05) is 18.8 Å². The van der Waals surface area contributed by atoms with Crippen LogP contribution in [-0.2, 0) is 4.79 Å². The number of ether oxygens (including phenoxy) is 1. The zero-order valence-electron chi connectivity index (χ0n) is 18.0. The first-order chi connectivity index (χ1) is 15.2. The number of aromatic nitrogens is 3. The summed E-state index contributed by atoms with van der Waals surface area (Å²) in [5.74, 6) is 1.89. The highest BCUT2D eigenvalue weighted by molar-refractivity contribution is 7.99. The lowest BCUT2D eigenvalue weighted by Gasteiger charge is -2.35. The van der Waals surface area contributed by atoms with Crippen LogP contribution in [0.2, 0.25) is 0 Å². The minimum atomic E-state index is 0.137. The second-order valence-corrected chi connectivity index (χ2v) is 8.83. The van der Waals surface area contributed by atoms with Gasteiger partial charge in [-0.05, 0) is 61.4 Å². The minimum absolute atomic E-state index is 0.137. The molecule has 0 bridgehead atoms. The first kappa shape index (κ1) is 21.4.